The molecule has 4 aromatic carbocycles. The monoisotopic (exact) mass is 706 g/mol. The molecule has 51 heavy (non-hydrogen) atoms. The average Bonchev–Trinajstić information content (AvgIpc) is 3.35. The number of rotatable bonds is 12. The van der Waals surface area contributed by atoms with Gasteiger partial charge in [-0.05, 0) is 142 Å². The highest BCUT2D eigenvalue weighted by atomic mass is 32.2. The summed E-state index contributed by atoms with van der Waals surface area (Å²) in [6.45, 7) is 1.87. The van der Waals surface area contributed by atoms with Gasteiger partial charge in [-0.15, -0.1) is 0 Å². The summed E-state index contributed by atoms with van der Waals surface area (Å²) in [4.78, 5) is 26.6. The molecule has 0 amide bonds. The SMILES string of the molecule is COc1cc(/C=C/C(=O)/C=C(O)/C=C/c2ccc(O)c(OC)c2)cc(OC(=O)CC2=C(C)/C(=C/c3ccc([S+](C)[O-])cc3)c3ccc(F)cc32)c1. The van der Waals surface area contributed by atoms with E-state index in [1.54, 1.807) is 54.8 Å². The Labute approximate surface area is 298 Å². The van der Waals surface area contributed by atoms with Crippen molar-refractivity contribution in [1.82, 2.24) is 0 Å². The fourth-order valence-corrected chi connectivity index (χ4v) is 6.00. The first-order valence-electron chi connectivity index (χ1n) is 15.7. The van der Waals surface area contributed by atoms with Crippen molar-refractivity contribution < 1.29 is 43.0 Å². The van der Waals surface area contributed by atoms with Gasteiger partial charge in [0.05, 0.1) is 20.6 Å². The quantitative estimate of drug-likeness (QED) is 0.0376. The van der Waals surface area contributed by atoms with Gasteiger partial charge < -0.3 is 29.0 Å². The Bertz CT molecular complexity index is 2120. The largest absolute Gasteiger partial charge is 0.612 e. The van der Waals surface area contributed by atoms with Gasteiger partial charge in [0.15, 0.2) is 22.2 Å². The highest BCUT2D eigenvalue weighted by Gasteiger charge is 2.26. The number of aromatic hydroxyl groups is 1. The molecular weight excluding hydrogens is 672 g/mol. The maximum absolute atomic E-state index is 14.4. The summed E-state index contributed by atoms with van der Waals surface area (Å²) in [6.07, 6.45) is 10.1. The zero-order chi connectivity index (χ0) is 36.7. The van der Waals surface area contributed by atoms with Crippen LogP contribution in [0.2, 0.25) is 0 Å². The molecule has 8 nitrogen and oxygen atoms in total. The number of phenols is 1. The molecule has 0 saturated heterocycles. The number of halogens is 1. The van der Waals surface area contributed by atoms with Crippen molar-refractivity contribution in [2.75, 3.05) is 20.5 Å². The Morgan fingerprint density at radius 3 is 2.25 bits per heavy atom. The second kappa shape index (κ2) is 16.2. The standard InChI is InChI=1S/C41H35FO8S/c1-25-36(19-26-7-13-34(14-8-26)51(4)47)35-15-10-29(42)21-38(35)37(25)24-41(46)50-33-18-28(17-32(23-33)48-2)6-12-31(44)22-30(43)11-5-27-9-16-39(45)40(20-27)49-3/h5-23,43,45H,24H2,1-4H3/b11-5+,12-6+,30-22-,36-19-. The summed E-state index contributed by atoms with van der Waals surface area (Å²) >= 11 is -1.11. The number of phenolic OH excluding ortho intramolecular Hbond substituents is 1. The molecule has 4 aromatic rings. The van der Waals surface area contributed by atoms with Crippen molar-refractivity contribution in [2.24, 2.45) is 0 Å². The molecule has 1 unspecified atom stereocenters. The third-order valence-corrected chi connectivity index (χ3v) is 8.98. The second-order valence-electron chi connectivity index (χ2n) is 11.5. The number of esters is 1. The number of carbonyl (C=O) groups excluding carboxylic acids is 2. The first kappa shape index (κ1) is 36.4. The molecule has 0 spiro atoms. The molecule has 1 aliphatic carbocycles. The molecule has 0 bridgehead atoms. The minimum Gasteiger partial charge on any atom is -0.612 e. The van der Waals surface area contributed by atoms with Crippen LogP contribution in [-0.4, -0.2) is 47.0 Å². The first-order valence-corrected chi connectivity index (χ1v) is 17.2. The molecule has 1 atom stereocenters. The van der Waals surface area contributed by atoms with Crippen LogP contribution in [0.25, 0.3) is 29.4 Å². The van der Waals surface area contributed by atoms with Crippen LogP contribution < -0.4 is 14.2 Å². The summed E-state index contributed by atoms with van der Waals surface area (Å²) < 4.78 is 42.4. The third kappa shape index (κ3) is 9.24. The lowest BCUT2D eigenvalue weighted by atomic mass is 10.0. The lowest BCUT2D eigenvalue weighted by molar-refractivity contribution is -0.133. The Morgan fingerprint density at radius 2 is 1.55 bits per heavy atom. The molecule has 0 saturated carbocycles. The number of aliphatic hydroxyl groups excluding tert-OH is 1. The van der Waals surface area contributed by atoms with E-state index in [4.69, 9.17) is 14.2 Å². The van der Waals surface area contributed by atoms with Gasteiger partial charge in [0, 0.05) is 12.1 Å². The van der Waals surface area contributed by atoms with Crippen LogP contribution in [0.5, 0.6) is 23.0 Å². The molecule has 260 valence electrons. The molecule has 0 aliphatic heterocycles. The summed E-state index contributed by atoms with van der Waals surface area (Å²) in [7, 11) is 2.88. The Morgan fingerprint density at radius 1 is 0.843 bits per heavy atom. The molecule has 0 heterocycles. The summed E-state index contributed by atoms with van der Waals surface area (Å²) in [6, 6.07) is 21.2. The highest BCUT2D eigenvalue weighted by molar-refractivity contribution is 7.90. The van der Waals surface area contributed by atoms with Crippen molar-refractivity contribution >= 4 is 52.3 Å². The van der Waals surface area contributed by atoms with Crippen LogP contribution in [0, 0.1) is 5.82 Å². The molecule has 5 rings (SSSR count). The highest BCUT2D eigenvalue weighted by Crippen LogP contribution is 2.44. The third-order valence-electron chi connectivity index (χ3n) is 8.05. The number of carbonyl (C=O) groups is 2. The first-order chi connectivity index (χ1) is 24.4. The van der Waals surface area contributed by atoms with E-state index in [9.17, 15) is 28.7 Å². The van der Waals surface area contributed by atoms with Gasteiger partial charge in [-0.3, -0.25) is 9.59 Å². The van der Waals surface area contributed by atoms with E-state index in [0.717, 1.165) is 28.3 Å². The fraction of sp³-hybridized carbons (Fsp3) is 0.122. The van der Waals surface area contributed by atoms with Gasteiger partial charge in [-0.2, -0.15) is 0 Å². The van der Waals surface area contributed by atoms with Crippen molar-refractivity contribution in [2.45, 2.75) is 18.2 Å². The molecule has 0 radical (unpaired) electrons. The molecule has 2 N–H and O–H groups in total. The summed E-state index contributed by atoms with van der Waals surface area (Å²) in [5, 5.41) is 20.0. The molecule has 10 heteroatoms. The van der Waals surface area contributed by atoms with Gasteiger partial charge >= 0.3 is 5.97 Å². The van der Waals surface area contributed by atoms with Crippen LogP contribution in [-0.2, 0) is 20.8 Å². The van der Waals surface area contributed by atoms with E-state index in [1.807, 2.05) is 25.1 Å². The molecule has 1 aliphatic rings. The number of fused-ring (bicyclic) bond motifs is 1. The Balaban J connectivity index is 1.31. The fourth-order valence-electron chi connectivity index (χ4n) is 5.48. The average molecular weight is 707 g/mol. The van der Waals surface area contributed by atoms with Crippen molar-refractivity contribution in [3.63, 3.8) is 0 Å². The topological polar surface area (TPSA) is 125 Å². The molecular formula is C41H35FO8S. The number of hydrogen-bond acceptors (Lipinski definition) is 8. The smallest absolute Gasteiger partial charge is 0.315 e. The number of benzene rings is 4. The van der Waals surface area contributed by atoms with E-state index >= 15 is 0 Å². The second-order valence-corrected chi connectivity index (χ2v) is 12.9. The van der Waals surface area contributed by atoms with E-state index < -0.39 is 28.7 Å². The van der Waals surface area contributed by atoms with Gasteiger partial charge in [0.25, 0.3) is 0 Å². The van der Waals surface area contributed by atoms with E-state index in [-0.39, 0.29) is 29.4 Å². The maximum Gasteiger partial charge on any atom is 0.315 e. The van der Waals surface area contributed by atoms with Crippen molar-refractivity contribution in [3.8, 4) is 23.0 Å². The number of aliphatic hydroxyl groups is 1. The van der Waals surface area contributed by atoms with Gasteiger partial charge in [0.1, 0.15) is 29.3 Å². The van der Waals surface area contributed by atoms with E-state index in [1.165, 1.54) is 56.7 Å². The van der Waals surface area contributed by atoms with Crippen molar-refractivity contribution in [3.05, 3.63) is 142 Å². The van der Waals surface area contributed by atoms with Crippen LogP contribution in [0.4, 0.5) is 4.39 Å². The minimum absolute atomic E-state index is 0.0209. The predicted molar refractivity (Wildman–Crippen MR) is 197 cm³/mol. The normalized spacial score (nSPS) is 14.3. The number of methoxy groups -OCH3 is 2. The minimum atomic E-state index is -1.11. The lowest BCUT2D eigenvalue weighted by Gasteiger charge is -2.10. The van der Waals surface area contributed by atoms with Gasteiger partial charge in [-0.1, -0.05) is 24.3 Å². The number of ether oxygens (including phenoxy) is 3. The van der Waals surface area contributed by atoms with Crippen molar-refractivity contribution in [1.29, 1.82) is 0 Å². The van der Waals surface area contributed by atoms with Crippen LogP contribution in [0.1, 0.15) is 41.2 Å². The van der Waals surface area contributed by atoms with E-state index in [0.29, 0.717) is 32.9 Å². The van der Waals surface area contributed by atoms with Crippen LogP contribution in [0.15, 0.2) is 113 Å². The molecule has 0 aromatic heterocycles. The van der Waals surface area contributed by atoms with Gasteiger partial charge in [0.2, 0.25) is 0 Å². The zero-order valence-electron chi connectivity index (χ0n) is 28.3. The Kier molecular flexibility index (Phi) is 11.6. The predicted octanol–water partition coefficient (Wildman–Crippen LogP) is 8.35. The molecule has 0 fully saturated rings. The lowest BCUT2D eigenvalue weighted by Crippen LogP contribution is -2.09. The number of ketones is 1. The van der Waals surface area contributed by atoms with Crippen LogP contribution >= 0.6 is 0 Å². The Hall–Kier alpha value is -5.84. The number of hydrogen-bond donors (Lipinski definition) is 2. The van der Waals surface area contributed by atoms with Crippen LogP contribution in [0.3, 0.4) is 0 Å². The maximum atomic E-state index is 14.4. The number of allylic oxidation sites excluding steroid dienone is 5. The summed E-state index contributed by atoms with van der Waals surface area (Å²) in [5.74, 6) is -1.00. The van der Waals surface area contributed by atoms with E-state index in [2.05, 4.69) is 0 Å². The zero-order valence-corrected chi connectivity index (χ0v) is 29.1. The summed E-state index contributed by atoms with van der Waals surface area (Å²) in [5.41, 5.74) is 5.66. The van der Waals surface area contributed by atoms with Gasteiger partial charge in [-0.25, -0.2) is 4.39 Å².